The van der Waals surface area contributed by atoms with E-state index in [1.807, 2.05) is 24.3 Å². The van der Waals surface area contributed by atoms with Crippen LogP contribution in [0.4, 0.5) is 0 Å². The van der Waals surface area contributed by atoms with Crippen LogP contribution in [0.5, 0.6) is 0 Å². The fraction of sp³-hybridized carbons (Fsp3) is 0.435. The molecule has 0 spiro atoms. The molecule has 0 bridgehead atoms. The first kappa shape index (κ1) is 20.8. The van der Waals surface area contributed by atoms with E-state index in [4.69, 9.17) is 5.73 Å². The van der Waals surface area contributed by atoms with Crippen molar-refractivity contribution in [2.24, 2.45) is 5.73 Å². The number of nitriles is 1. The summed E-state index contributed by atoms with van der Waals surface area (Å²) in [6.45, 7) is 3.67. The number of benzene rings is 2. The normalized spacial score (nSPS) is 14.4. The molecule has 1 saturated heterocycles. The molecule has 0 aliphatic carbocycles. The number of likely N-dealkylation sites (tertiary alicyclic amines) is 1. The summed E-state index contributed by atoms with van der Waals surface area (Å²) >= 11 is 0. The van der Waals surface area contributed by atoms with Crippen molar-refractivity contribution in [3.8, 4) is 6.07 Å². The highest BCUT2D eigenvalue weighted by Crippen LogP contribution is 2.23. The van der Waals surface area contributed by atoms with Gasteiger partial charge in [0.25, 0.3) is 5.91 Å². The van der Waals surface area contributed by atoms with Gasteiger partial charge in [-0.25, -0.2) is 0 Å². The monoisotopic (exact) mass is 392 g/mol. The molecule has 0 aromatic heterocycles. The van der Waals surface area contributed by atoms with Crippen LogP contribution in [0.1, 0.15) is 48.0 Å². The van der Waals surface area contributed by atoms with Gasteiger partial charge in [0.15, 0.2) is 0 Å². The van der Waals surface area contributed by atoms with Crippen LogP contribution in [0.25, 0.3) is 10.8 Å². The second kappa shape index (κ2) is 10.0. The van der Waals surface area contributed by atoms with Crippen LogP contribution in [0, 0.1) is 11.3 Å². The number of nitrogens with two attached hydrogens (primary N) is 1. The van der Waals surface area contributed by atoms with Gasteiger partial charge in [0.2, 0.25) is 5.91 Å². The third-order valence-electron chi connectivity index (χ3n) is 5.46. The minimum Gasteiger partial charge on any atom is -0.368 e. The molecular formula is C23H28N4O2. The molecule has 1 aliphatic rings. The Morgan fingerprint density at radius 2 is 1.86 bits per heavy atom. The zero-order valence-electron chi connectivity index (χ0n) is 16.8. The van der Waals surface area contributed by atoms with E-state index in [2.05, 4.69) is 11.0 Å². The number of hydrogen-bond acceptors (Lipinski definition) is 4. The lowest BCUT2D eigenvalue weighted by atomic mass is 10.00. The van der Waals surface area contributed by atoms with E-state index < -0.39 is 5.91 Å². The minimum atomic E-state index is -0.532. The minimum absolute atomic E-state index is 0.117. The molecule has 29 heavy (non-hydrogen) atoms. The maximum atomic E-state index is 13.3. The number of nitrogens with zero attached hydrogens (tertiary/aromatic N) is 3. The molecule has 1 fully saturated rings. The maximum absolute atomic E-state index is 13.3. The molecule has 0 radical (unpaired) electrons. The topological polar surface area (TPSA) is 90.4 Å². The highest BCUT2D eigenvalue weighted by atomic mass is 16.2. The zero-order chi connectivity index (χ0) is 20.6. The number of hydrogen-bond donors (Lipinski definition) is 1. The average Bonchev–Trinajstić information content (AvgIpc) is 2.75. The third kappa shape index (κ3) is 5.55. The lowest BCUT2D eigenvalue weighted by Gasteiger charge is -2.27. The Morgan fingerprint density at radius 1 is 1.10 bits per heavy atom. The van der Waals surface area contributed by atoms with Gasteiger partial charge in [0.1, 0.15) is 0 Å². The van der Waals surface area contributed by atoms with Crippen LogP contribution in [0.2, 0.25) is 0 Å². The number of amides is 2. The first-order chi connectivity index (χ1) is 14.1. The van der Waals surface area contributed by atoms with E-state index in [0.29, 0.717) is 17.7 Å². The van der Waals surface area contributed by atoms with Crippen LogP contribution in [0.3, 0.4) is 0 Å². The summed E-state index contributed by atoms with van der Waals surface area (Å²) in [7, 11) is 0. The predicted octanol–water partition coefficient (Wildman–Crippen LogP) is 2.91. The van der Waals surface area contributed by atoms with Gasteiger partial charge in [-0.05, 0) is 68.2 Å². The van der Waals surface area contributed by atoms with Crippen molar-refractivity contribution in [2.75, 3.05) is 32.7 Å². The summed E-state index contributed by atoms with van der Waals surface area (Å²) in [6, 6.07) is 13.0. The van der Waals surface area contributed by atoms with E-state index >= 15 is 0 Å². The van der Waals surface area contributed by atoms with Gasteiger partial charge in [-0.1, -0.05) is 30.7 Å². The predicted molar refractivity (Wildman–Crippen MR) is 113 cm³/mol. The Balaban J connectivity index is 1.72. The van der Waals surface area contributed by atoms with Gasteiger partial charge < -0.3 is 15.5 Å². The highest BCUT2D eigenvalue weighted by Gasteiger charge is 2.20. The number of fused-ring (bicyclic) bond motifs is 1. The molecule has 2 amide bonds. The molecule has 2 aromatic rings. The van der Waals surface area contributed by atoms with Crippen LogP contribution in [-0.2, 0) is 4.79 Å². The highest BCUT2D eigenvalue weighted by molar-refractivity contribution is 6.08. The smallest absolute Gasteiger partial charge is 0.254 e. The molecule has 1 aliphatic heterocycles. The number of carbonyl (C=O) groups excluding carboxylic acids is 2. The Bertz CT molecular complexity index is 913. The standard InChI is InChI=1S/C23H28N4O2/c24-16-18-14-19-8-2-3-9-20(19)21(15-18)23(29)27(17-22(25)28)13-7-6-12-26-10-4-1-5-11-26/h2-3,8-9,14-15H,1,4-7,10-13,17H2,(H2,25,28). The second-order valence-corrected chi connectivity index (χ2v) is 7.66. The largest absolute Gasteiger partial charge is 0.368 e. The summed E-state index contributed by atoms with van der Waals surface area (Å²) < 4.78 is 0. The first-order valence-corrected chi connectivity index (χ1v) is 10.3. The molecule has 3 rings (SSSR count). The van der Waals surface area contributed by atoms with Crippen LogP contribution < -0.4 is 5.73 Å². The van der Waals surface area contributed by atoms with Crippen LogP contribution in [0.15, 0.2) is 36.4 Å². The van der Waals surface area contributed by atoms with Crippen molar-refractivity contribution in [1.82, 2.24) is 9.80 Å². The first-order valence-electron chi connectivity index (χ1n) is 10.3. The average molecular weight is 393 g/mol. The zero-order valence-corrected chi connectivity index (χ0v) is 16.8. The number of primary amides is 1. The molecular weight excluding hydrogens is 364 g/mol. The molecule has 6 nitrogen and oxygen atoms in total. The number of carbonyl (C=O) groups is 2. The lowest BCUT2D eigenvalue weighted by Crippen LogP contribution is -2.39. The van der Waals surface area contributed by atoms with Gasteiger partial charge in [-0.2, -0.15) is 5.26 Å². The summed E-state index contributed by atoms with van der Waals surface area (Å²) in [6.07, 6.45) is 5.61. The Hall–Kier alpha value is -2.91. The third-order valence-corrected chi connectivity index (χ3v) is 5.46. The summed E-state index contributed by atoms with van der Waals surface area (Å²) in [5, 5.41) is 10.9. The molecule has 0 saturated carbocycles. The number of unbranched alkanes of at least 4 members (excludes halogenated alkanes) is 1. The van der Waals surface area contributed by atoms with Gasteiger partial charge in [0, 0.05) is 12.1 Å². The Morgan fingerprint density at radius 3 is 2.59 bits per heavy atom. The van der Waals surface area contributed by atoms with E-state index in [9.17, 15) is 14.9 Å². The number of rotatable bonds is 8. The Kier molecular flexibility index (Phi) is 7.20. The SMILES string of the molecule is N#Cc1cc(C(=O)N(CCCCN2CCCCC2)CC(N)=O)c2ccccc2c1. The van der Waals surface area contributed by atoms with Gasteiger partial charge in [-0.3, -0.25) is 9.59 Å². The van der Waals surface area contributed by atoms with Gasteiger partial charge in [0.05, 0.1) is 18.2 Å². The Labute approximate surface area is 171 Å². The maximum Gasteiger partial charge on any atom is 0.254 e. The lowest BCUT2D eigenvalue weighted by molar-refractivity contribution is -0.118. The van der Waals surface area contributed by atoms with Crippen molar-refractivity contribution >= 4 is 22.6 Å². The fourth-order valence-corrected chi connectivity index (χ4v) is 3.98. The van der Waals surface area contributed by atoms with Crippen molar-refractivity contribution < 1.29 is 9.59 Å². The summed E-state index contributed by atoms with van der Waals surface area (Å²) in [5.41, 5.74) is 6.27. The summed E-state index contributed by atoms with van der Waals surface area (Å²) in [4.78, 5) is 28.8. The molecule has 6 heteroatoms. The summed E-state index contributed by atoms with van der Waals surface area (Å²) in [5.74, 6) is -0.787. The van der Waals surface area contributed by atoms with Gasteiger partial charge >= 0.3 is 0 Å². The van der Waals surface area contributed by atoms with E-state index in [0.717, 1.165) is 43.2 Å². The molecule has 2 N–H and O–H groups in total. The van der Waals surface area contributed by atoms with Crippen molar-refractivity contribution in [1.29, 1.82) is 5.26 Å². The second-order valence-electron chi connectivity index (χ2n) is 7.66. The molecule has 152 valence electrons. The molecule has 0 unspecified atom stereocenters. The van der Waals surface area contributed by atoms with Crippen molar-refractivity contribution in [3.63, 3.8) is 0 Å². The number of piperidine rings is 1. The molecule has 2 aromatic carbocycles. The van der Waals surface area contributed by atoms with E-state index in [1.165, 1.54) is 24.2 Å². The van der Waals surface area contributed by atoms with E-state index in [-0.39, 0.29) is 12.5 Å². The van der Waals surface area contributed by atoms with Crippen molar-refractivity contribution in [2.45, 2.75) is 32.1 Å². The quantitative estimate of drug-likeness (QED) is 0.700. The molecule has 0 atom stereocenters. The van der Waals surface area contributed by atoms with E-state index in [1.54, 1.807) is 12.1 Å². The van der Waals surface area contributed by atoms with Gasteiger partial charge in [-0.15, -0.1) is 0 Å². The fourth-order valence-electron chi connectivity index (χ4n) is 3.98. The van der Waals surface area contributed by atoms with Crippen LogP contribution in [-0.4, -0.2) is 54.3 Å². The van der Waals surface area contributed by atoms with Crippen LogP contribution >= 0.6 is 0 Å². The molecule has 1 heterocycles. The van der Waals surface area contributed by atoms with Crippen molar-refractivity contribution in [3.05, 3.63) is 47.5 Å².